The van der Waals surface area contributed by atoms with E-state index in [1.165, 1.54) is 13.0 Å². The number of hydrogen-bond acceptors (Lipinski definition) is 3. The van der Waals surface area contributed by atoms with E-state index >= 15 is 0 Å². The molecular formula is C7H12N2S. The third-order valence-corrected chi connectivity index (χ3v) is 3.50. The Morgan fingerprint density at radius 3 is 3.10 bits per heavy atom. The number of thioether (sulfide) groups is 1. The second kappa shape index (κ2) is 2.47. The topological polar surface area (TPSA) is 24.1 Å². The lowest BCUT2D eigenvalue weighted by Gasteiger charge is -2.30. The maximum absolute atomic E-state index is 3.34. The normalized spacial score (nSPS) is 38.4. The zero-order chi connectivity index (χ0) is 6.86. The molecule has 2 N–H and O–H groups in total. The van der Waals surface area contributed by atoms with E-state index in [9.17, 15) is 0 Å². The Bertz CT molecular complexity index is 150. The van der Waals surface area contributed by atoms with Crippen LogP contribution >= 0.6 is 11.8 Å². The highest BCUT2D eigenvalue weighted by molar-refractivity contribution is 8.00. The molecule has 2 nitrogen and oxygen atoms in total. The van der Waals surface area contributed by atoms with E-state index in [1.54, 1.807) is 0 Å². The third-order valence-electron chi connectivity index (χ3n) is 2.09. The predicted molar refractivity (Wildman–Crippen MR) is 45.0 cm³/mol. The quantitative estimate of drug-likeness (QED) is 0.535. The van der Waals surface area contributed by atoms with Crippen molar-refractivity contribution in [1.82, 2.24) is 10.6 Å². The average Bonchev–Trinajstić information content (AvgIpc) is 2.39. The van der Waals surface area contributed by atoms with Crippen molar-refractivity contribution >= 4 is 11.8 Å². The van der Waals surface area contributed by atoms with Gasteiger partial charge in [0.05, 0.1) is 4.75 Å². The summed E-state index contributed by atoms with van der Waals surface area (Å²) in [6, 6.07) is 0. The molecule has 2 heterocycles. The van der Waals surface area contributed by atoms with Crippen LogP contribution in [0.25, 0.3) is 0 Å². The minimum Gasteiger partial charge on any atom is -0.389 e. The average molecular weight is 156 g/mol. The van der Waals surface area contributed by atoms with Crippen LogP contribution in [0.15, 0.2) is 12.3 Å². The minimum atomic E-state index is 0.436. The highest BCUT2D eigenvalue weighted by atomic mass is 32.2. The van der Waals surface area contributed by atoms with Crippen molar-refractivity contribution in [2.75, 3.05) is 19.0 Å². The highest BCUT2D eigenvalue weighted by Gasteiger charge is 2.31. The smallest absolute Gasteiger partial charge is 0.0552 e. The molecule has 1 fully saturated rings. The monoisotopic (exact) mass is 156 g/mol. The van der Waals surface area contributed by atoms with Gasteiger partial charge in [0.15, 0.2) is 0 Å². The highest BCUT2D eigenvalue weighted by Crippen LogP contribution is 2.33. The summed E-state index contributed by atoms with van der Waals surface area (Å²) in [4.78, 5) is 0. The van der Waals surface area contributed by atoms with Crippen LogP contribution < -0.4 is 10.6 Å². The van der Waals surface area contributed by atoms with Gasteiger partial charge in [0.1, 0.15) is 0 Å². The van der Waals surface area contributed by atoms with Crippen LogP contribution in [0.5, 0.6) is 0 Å². The molecule has 1 atom stereocenters. The third kappa shape index (κ3) is 1.04. The number of rotatable bonds is 0. The SMILES string of the molecule is C1=CC2(CCNCS2)CN1. The molecule has 1 saturated heterocycles. The van der Waals surface area contributed by atoms with E-state index in [0.717, 1.165) is 12.4 Å². The van der Waals surface area contributed by atoms with E-state index in [0.29, 0.717) is 4.75 Å². The van der Waals surface area contributed by atoms with Crippen LogP contribution in [0, 0.1) is 0 Å². The molecular weight excluding hydrogens is 144 g/mol. The largest absolute Gasteiger partial charge is 0.389 e. The maximum atomic E-state index is 3.34. The molecule has 1 spiro atoms. The summed E-state index contributed by atoms with van der Waals surface area (Å²) in [6.45, 7) is 2.29. The second-order valence-electron chi connectivity index (χ2n) is 2.82. The van der Waals surface area contributed by atoms with Crippen LogP contribution in [0.1, 0.15) is 6.42 Å². The first-order chi connectivity index (χ1) is 4.91. The van der Waals surface area contributed by atoms with Gasteiger partial charge in [-0.3, -0.25) is 0 Å². The Kier molecular flexibility index (Phi) is 1.62. The van der Waals surface area contributed by atoms with E-state index in [2.05, 4.69) is 22.9 Å². The predicted octanol–water partition coefficient (Wildman–Crippen LogP) is 0.526. The Balaban J connectivity index is 2.05. The number of nitrogens with one attached hydrogen (secondary N) is 2. The van der Waals surface area contributed by atoms with Crippen LogP contribution in [-0.2, 0) is 0 Å². The van der Waals surface area contributed by atoms with Crippen LogP contribution in [0.3, 0.4) is 0 Å². The molecule has 56 valence electrons. The summed E-state index contributed by atoms with van der Waals surface area (Å²) in [5.41, 5.74) is 0. The summed E-state index contributed by atoms with van der Waals surface area (Å²) in [7, 11) is 0. The molecule has 2 aliphatic rings. The first kappa shape index (κ1) is 6.55. The molecule has 1 unspecified atom stereocenters. The van der Waals surface area contributed by atoms with Crippen molar-refractivity contribution < 1.29 is 0 Å². The zero-order valence-electron chi connectivity index (χ0n) is 5.89. The lowest BCUT2D eigenvalue weighted by Crippen LogP contribution is -2.38. The molecule has 0 amide bonds. The van der Waals surface area contributed by atoms with Gasteiger partial charge in [-0.05, 0) is 19.2 Å². The van der Waals surface area contributed by atoms with Crippen molar-refractivity contribution in [1.29, 1.82) is 0 Å². The molecule has 2 aliphatic heterocycles. The summed E-state index contributed by atoms with van der Waals surface area (Å²) in [5.74, 6) is 1.10. The van der Waals surface area contributed by atoms with Gasteiger partial charge in [0, 0.05) is 12.4 Å². The fourth-order valence-electron chi connectivity index (χ4n) is 1.41. The molecule has 0 bridgehead atoms. The summed E-state index contributed by atoms with van der Waals surface area (Å²) >= 11 is 2.01. The van der Waals surface area contributed by atoms with Gasteiger partial charge in [-0.1, -0.05) is 6.08 Å². The zero-order valence-corrected chi connectivity index (χ0v) is 6.71. The molecule has 2 rings (SSSR count). The van der Waals surface area contributed by atoms with Crippen LogP contribution in [-0.4, -0.2) is 23.7 Å². The first-order valence-corrected chi connectivity index (χ1v) is 4.66. The second-order valence-corrected chi connectivity index (χ2v) is 4.21. The summed E-state index contributed by atoms with van der Waals surface area (Å²) in [5, 5.41) is 6.59. The Morgan fingerprint density at radius 2 is 2.50 bits per heavy atom. The Morgan fingerprint density at radius 1 is 1.50 bits per heavy atom. The standard InChI is InChI=1S/C7H12N2S/c1-3-8-5-7(1)2-4-9-6-10-7/h1,3,8-9H,2,4-6H2. The Hall–Kier alpha value is -0.150. The maximum Gasteiger partial charge on any atom is 0.0552 e. The number of hydrogen-bond donors (Lipinski definition) is 2. The van der Waals surface area contributed by atoms with Gasteiger partial charge in [0.25, 0.3) is 0 Å². The van der Waals surface area contributed by atoms with Gasteiger partial charge in [-0.2, -0.15) is 0 Å². The molecule has 10 heavy (non-hydrogen) atoms. The van der Waals surface area contributed by atoms with Gasteiger partial charge in [-0.25, -0.2) is 0 Å². The fraction of sp³-hybridized carbons (Fsp3) is 0.714. The van der Waals surface area contributed by atoms with Gasteiger partial charge in [-0.15, -0.1) is 11.8 Å². The summed E-state index contributed by atoms with van der Waals surface area (Å²) < 4.78 is 0.436. The molecule has 0 radical (unpaired) electrons. The van der Waals surface area contributed by atoms with Crippen molar-refractivity contribution in [3.05, 3.63) is 12.3 Å². The first-order valence-electron chi connectivity index (χ1n) is 3.67. The van der Waals surface area contributed by atoms with Crippen LogP contribution in [0.4, 0.5) is 0 Å². The van der Waals surface area contributed by atoms with Crippen molar-refractivity contribution in [2.45, 2.75) is 11.2 Å². The molecule has 3 heteroatoms. The van der Waals surface area contributed by atoms with Crippen LogP contribution in [0.2, 0.25) is 0 Å². The molecule has 0 aliphatic carbocycles. The van der Waals surface area contributed by atoms with Gasteiger partial charge >= 0.3 is 0 Å². The van der Waals surface area contributed by atoms with Gasteiger partial charge < -0.3 is 10.6 Å². The van der Waals surface area contributed by atoms with Crippen molar-refractivity contribution in [2.24, 2.45) is 0 Å². The molecule has 0 aromatic rings. The minimum absolute atomic E-state index is 0.436. The van der Waals surface area contributed by atoms with Crippen molar-refractivity contribution in [3.8, 4) is 0 Å². The van der Waals surface area contributed by atoms with E-state index in [4.69, 9.17) is 0 Å². The van der Waals surface area contributed by atoms with E-state index in [-0.39, 0.29) is 0 Å². The fourth-order valence-corrected chi connectivity index (χ4v) is 2.54. The lowest BCUT2D eigenvalue weighted by molar-refractivity contribution is 0.584. The van der Waals surface area contributed by atoms with Gasteiger partial charge in [0.2, 0.25) is 0 Å². The molecule has 0 saturated carbocycles. The Labute approximate surface area is 65.5 Å². The lowest BCUT2D eigenvalue weighted by atomic mass is 10.1. The molecule has 0 aromatic carbocycles. The van der Waals surface area contributed by atoms with Crippen molar-refractivity contribution in [3.63, 3.8) is 0 Å². The van der Waals surface area contributed by atoms with E-state index in [1.807, 2.05) is 11.8 Å². The van der Waals surface area contributed by atoms with E-state index < -0.39 is 0 Å². The summed E-state index contributed by atoms with van der Waals surface area (Å²) in [6.07, 6.45) is 5.65. The molecule has 0 aromatic heterocycles.